The molecule has 1 atom stereocenters. The van der Waals surface area contributed by atoms with Crippen molar-refractivity contribution >= 4 is 21.9 Å². The molecule has 1 amide bonds. The van der Waals surface area contributed by atoms with Crippen LogP contribution in [0.1, 0.15) is 38.4 Å². The Morgan fingerprint density at radius 1 is 1.24 bits per heavy atom. The van der Waals surface area contributed by atoms with Crippen LogP contribution in [0.25, 0.3) is 0 Å². The molecule has 0 aromatic carbocycles. The van der Waals surface area contributed by atoms with Gasteiger partial charge in [-0.3, -0.25) is 4.79 Å². The van der Waals surface area contributed by atoms with Crippen LogP contribution in [0.2, 0.25) is 0 Å². The fourth-order valence-electron chi connectivity index (χ4n) is 3.40. The van der Waals surface area contributed by atoms with Crippen molar-refractivity contribution in [3.63, 3.8) is 0 Å². The predicted octanol–water partition coefficient (Wildman–Crippen LogP) is 1.61. The second-order valence-electron chi connectivity index (χ2n) is 7.10. The van der Waals surface area contributed by atoms with Crippen molar-refractivity contribution < 1.29 is 17.7 Å². The molecule has 0 saturated carbocycles. The number of hydrogen-bond donors (Lipinski definition) is 1. The molecule has 25 heavy (non-hydrogen) atoms. The summed E-state index contributed by atoms with van der Waals surface area (Å²) in [6.45, 7) is 5.72. The van der Waals surface area contributed by atoms with Crippen molar-refractivity contribution in [1.29, 1.82) is 0 Å². The zero-order valence-electron chi connectivity index (χ0n) is 14.8. The summed E-state index contributed by atoms with van der Waals surface area (Å²) in [5, 5.41) is 6.46. The predicted molar refractivity (Wildman–Crippen MR) is 93.1 cm³/mol. The molecule has 8 nitrogen and oxygen atoms in total. The highest BCUT2D eigenvalue weighted by Crippen LogP contribution is 2.25. The molecule has 3 heterocycles. The van der Waals surface area contributed by atoms with E-state index in [2.05, 4.69) is 17.4 Å². The molecule has 140 valence electrons. The third-order valence-electron chi connectivity index (χ3n) is 5.03. The molecule has 0 spiro atoms. The van der Waals surface area contributed by atoms with Gasteiger partial charge < -0.3 is 9.84 Å². The molecular formula is C16H26N4O4S. The lowest BCUT2D eigenvalue weighted by Crippen LogP contribution is -2.51. The molecule has 9 heteroatoms. The van der Waals surface area contributed by atoms with Crippen LogP contribution >= 0.6 is 0 Å². The maximum Gasteiger partial charge on any atom is 0.281 e. The maximum absolute atomic E-state index is 12.9. The van der Waals surface area contributed by atoms with Gasteiger partial charge in [0.25, 0.3) is 10.2 Å². The average Bonchev–Trinajstić information content (AvgIpc) is 3.00. The highest BCUT2D eigenvalue weighted by molar-refractivity contribution is 7.86. The number of nitrogens with one attached hydrogen (secondary N) is 1. The third-order valence-corrected chi connectivity index (χ3v) is 7.03. The first kappa shape index (κ1) is 18.3. The molecular weight excluding hydrogens is 344 g/mol. The maximum atomic E-state index is 12.9. The first-order chi connectivity index (χ1) is 11.9. The number of carbonyl (C=O) groups excluding carboxylic acids is 1. The molecule has 0 aliphatic carbocycles. The van der Waals surface area contributed by atoms with Gasteiger partial charge in [0.2, 0.25) is 5.91 Å². The van der Waals surface area contributed by atoms with E-state index in [0.717, 1.165) is 12.8 Å². The lowest BCUT2D eigenvalue weighted by atomic mass is 9.99. The number of carbonyl (C=O) groups is 1. The summed E-state index contributed by atoms with van der Waals surface area (Å²) < 4.78 is 33.7. The summed E-state index contributed by atoms with van der Waals surface area (Å²) in [6, 6.07) is 1.64. The Labute approximate surface area is 148 Å². The van der Waals surface area contributed by atoms with Gasteiger partial charge in [0, 0.05) is 32.2 Å². The molecule has 1 unspecified atom stereocenters. The summed E-state index contributed by atoms with van der Waals surface area (Å²) in [7, 11) is -3.49. The van der Waals surface area contributed by atoms with Crippen LogP contribution < -0.4 is 5.32 Å². The van der Waals surface area contributed by atoms with Crippen molar-refractivity contribution in [2.45, 2.75) is 39.5 Å². The Bertz CT molecular complexity index is 709. The number of amides is 1. The van der Waals surface area contributed by atoms with Crippen LogP contribution in [-0.2, 0) is 15.0 Å². The fourth-order valence-corrected chi connectivity index (χ4v) is 5.13. The van der Waals surface area contributed by atoms with E-state index in [9.17, 15) is 13.2 Å². The minimum absolute atomic E-state index is 0.208. The monoisotopic (exact) mass is 370 g/mol. The van der Waals surface area contributed by atoms with E-state index < -0.39 is 10.2 Å². The number of aromatic nitrogens is 1. The summed E-state index contributed by atoms with van der Waals surface area (Å²) in [5.74, 6) is 0.969. The smallest absolute Gasteiger partial charge is 0.281 e. The van der Waals surface area contributed by atoms with Gasteiger partial charge in [-0.2, -0.15) is 17.0 Å². The van der Waals surface area contributed by atoms with Crippen molar-refractivity contribution in [3.05, 3.63) is 11.8 Å². The third kappa shape index (κ3) is 4.21. The van der Waals surface area contributed by atoms with E-state index in [4.69, 9.17) is 4.52 Å². The largest absolute Gasteiger partial charge is 0.360 e. The lowest BCUT2D eigenvalue weighted by Gasteiger charge is -2.37. The summed E-state index contributed by atoms with van der Waals surface area (Å²) in [6.07, 6.45) is 3.14. The number of hydrogen-bond acceptors (Lipinski definition) is 5. The van der Waals surface area contributed by atoms with Crippen LogP contribution in [0.4, 0.5) is 5.82 Å². The van der Waals surface area contributed by atoms with Crippen LogP contribution in [0.3, 0.4) is 0 Å². The first-order valence-corrected chi connectivity index (χ1v) is 10.3. The SMILES string of the molecule is Cc1cc(NC(=O)C2CCCN(S(=O)(=O)N3CCC(C)CC3)C2)no1. The Hall–Kier alpha value is -1.45. The highest BCUT2D eigenvalue weighted by Gasteiger charge is 2.37. The Morgan fingerprint density at radius 3 is 2.60 bits per heavy atom. The van der Waals surface area contributed by atoms with Crippen LogP contribution in [0.5, 0.6) is 0 Å². The van der Waals surface area contributed by atoms with Gasteiger partial charge in [-0.25, -0.2) is 0 Å². The Kier molecular flexibility index (Phi) is 5.45. The summed E-state index contributed by atoms with van der Waals surface area (Å²) in [4.78, 5) is 12.4. The first-order valence-electron chi connectivity index (χ1n) is 8.85. The van der Waals surface area contributed by atoms with Gasteiger partial charge in [0.05, 0.1) is 5.92 Å². The van der Waals surface area contributed by atoms with Gasteiger partial charge in [0.1, 0.15) is 5.76 Å². The number of anilines is 1. The molecule has 0 bridgehead atoms. The van der Waals surface area contributed by atoms with E-state index in [1.54, 1.807) is 17.3 Å². The lowest BCUT2D eigenvalue weighted by molar-refractivity contribution is -0.120. The second kappa shape index (κ2) is 7.43. The zero-order valence-corrected chi connectivity index (χ0v) is 15.6. The number of nitrogens with zero attached hydrogens (tertiary/aromatic N) is 3. The minimum atomic E-state index is -3.49. The van der Waals surface area contributed by atoms with E-state index >= 15 is 0 Å². The van der Waals surface area contributed by atoms with Crippen molar-refractivity contribution in [1.82, 2.24) is 13.8 Å². The van der Waals surface area contributed by atoms with Crippen LogP contribution in [0, 0.1) is 18.8 Å². The van der Waals surface area contributed by atoms with Crippen LogP contribution in [0.15, 0.2) is 10.6 Å². The molecule has 2 aliphatic rings. The molecule has 2 saturated heterocycles. The van der Waals surface area contributed by atoms with Gasteiger partial charge >= 0.3 is 0 Å². The summed E-state index contributed by atoms with van der Waals surface area (Å²) >= 11 is 0. The van der Waals surface area contributed by atoms with Gasteiger partial charge in [-0.1, -0.05) is 12.1 Å². The van der Waals surface area contributed by atoms with Crippen molar-refractivity contribution in [3.8, 4) is 0 Å². The zero-order chi connectivity index (χ0) is 18.0. The molecule has 0 radical (unpaired) electrons. The molecule has 2 fully saturated rings. The van der Waals surface area contributed by atoms with Crippen molar-refractivity contribution in [2.24, 2.45) is 11.8 Å². The van der Waals surface area contributed by atoms with E-state index in [1.165, 1.54) is 4.31 Å². The van der Waals surface area contributed by atoms with Crippen LogP contribution in [-0.4, -0.2) is 54.3 Å². The van der Waals surface area contributed by atoms with E-state index in [-0.39, 0.29) is 18.4 Å². The van der Waals surface area contributed by atoms with E-state index in [1.807, 2.05) is 0 Å². The number of rotatable bonds is 4. The normalized spacial score (nSPS) is 24.3. The van der Waals surface area contributed by atoms with E-state index in [0.29, 0.717) is 50.0 Å². The van der Waals surface area contributed by atoms with Crippen molar-refractivity contribution in [2.75, 3.05) is 31.5 Å². The summed E-state index contributed by atoms with van der Waals surface area (Å²) in [5.41, 5.74) is 0. The Morgan fingerprint density at radius 2 is 1.96 bits per heavy atom. The molecule has 3 rings (SSSR count). The van der Waals surface area contributed by atoms with Gasteiger partial charge in [-0.05, 0) is 38.5 Å². The number of piperidine rings is 2. The number of aryl methyl sites for hydroxylation is 1. The second-order valence-corrected chi connectivity index (χ2v) is 9.03. The Balaban J connectivity index is 1.63. The van der Waals surface area contributed by atoms with Gasteiger partial charge in [0.15, 0.2) is 5.82 Å². The van der Waals surface area contributed by atoms with Gasteiger partial charge in [-0.15, -0.1) is 0 Å². The average molecular weight is 370 g/mol. The molecule has 1 aromatic heterocycles. The standard InChI is InChI=1S/C16H26N4O4S/c1-12-5-8-19(9-6-12)25(22,23)20-7-3-4-14(11-20)16(21)17-15-10-13(2)24-18-15/h10,12,14H,3-9,11H2,1-2H3,(H,17,18,21). The molecule has 1 N–H and O–H groups in total. The fraction of sp³-hybridized carbons (Fsp3) is 0.750. The highest BCUT2D eigenvalue weighted by atomic mass is 32.2. The molecule has 1 aromatic rings. The quantitative estimate of drug-likeness (QED) is 0.869. The topological polar surface area (TPSA) is 95.8 Å². The molecule has 2 aliphatic heterocycles. The minimum Gasteiger partial charge on any atom is -0.360 e.